The summed E-state index contributed by atoms with van der Waals surface area (Å²) in [6.07, 6.45) is 0. The van der Waals surface area contributed by atoms with Gasteiger partial charge in [0.15, 0.2) is 0 Å². The number of rotatable bonds is 1. The van der Waals surface area contributed by atoms with E-state index in [0.717, 1.165) is 0 Å². The average Bonchev–Trinajstić information content (AvgIpc) is 2.32. The third-order valence-corrected chi connectivity index (χ3v) is 2.99. The number of amides is 3. The van der Waals surface area contributed by atoms with Crippen LogP contribution in [0.25, 0.3) is 0 Å². The fourth-order valence-electron chi connectivity index (χ4n) is 1.60. The lowest BCUT2D eigenvalue weighted by Crippen LogP contribution is -2.51. The number of hydrogen-bond acceptors (Lipinski definition) is 2. The SMILES string of the molecule is O=C1CN(C(=O)Nc2ccc(Br)cc2F)CCN1. The molecule has 1 aromatic carbocycles. The molecule has 5 nitrogen and oxygen atoms in total. The highest BCUT2D eigenvalue weighted by Crippen LogP contribution is 2.19. The summed E-state index contributed by atoms with van der Waals surface area (Å²) in [5.74, 6) is -0.744. The minimum absolute atomic E-state index is 0.00994. The summed E-state index contributed by atoms with van der Waals surface area (Å²) in [4.78, 5) is 24.3. The maximum absolute atomic E-state index is 13.5. The molecular weight excluding hydrogens is 305 g/mol. The van der Waals surface area contributed by atoms with Crippen LogP contribution in [0.1, 0.15) is 0 Å². The van der Waals surface area contributed by atoms with Gasteiger partial charge < -0.3 is 15.5 Å². The first-order valence-corrected chi connectivity index (χ1v) is 6.13. The smallest absolute Gasteiger partial charge is 0.322 e. The molecule has 96 valence electrons. The molecule has 0 saturated carbocycles. The van der Waals surface area contributed by atoms with Crippen LogP contribution >= 0.6 is 15.9 Å². The van der Waals surface area contributed by atoms with Gasteiger partial charge in [0, 0.05) is 17.6 Å². The predicted molar refractivity (Wildman–Crippen MR) is 67.7 cm³/mol. The lowest BCUT2D eigenvalue weighted by Gasteiger charge is -2.26. The Morgan fingerprint density at radius 1 is 1.50 bits per heavy atom. The number of piperazine rings is 1. The zero-order valence-corrected chi connectivity index (χ0v) is 11.0. The summed E-state index contributed by atoms with van der Waals surface area (Å²) in [7, 11) is 0. The van der Waals surface area contributed by atoms with Gasteiger partial charge in [-0.15, -0.1) is 0 Å². The van der Waals surface area contributed by atoms with Crippen molar-refractivity contribution in [2.45, 2.75) is 0 Å². The van der Waals surface area contributed by atoms with E-state index in [2.05, 4.69) is 26.6 Å². The molecule has 1 aliphatic heterocycles. The van der Waals surface area contributed by atoms with Crippen LogP contribution < -0.4 is 10.6 Å². The molecule has 0 unspecified atom stereocenters. The topological polar surface area (TPSA) is 61.4 Å². The highest BCUT2D eigenvalue weighted by atomic mass is 79.9. The summed E-state index contributed by atoms with van der Waals surface area (Å²) in [6, 6.07) is 3.87. The van der Waals surface area contributed by atoms with Crippen LogP contribution in [-0.4, -0.2) is 36.5 Å². The Kier molecular flexibility index (Phi) is 3.81. The van der Waals surface area contributed by atoms with Gasteiger partial charge in [0.1, 0.15) is 12.4 Å². The van der Waals surface area contributed by atoms with Gasteiger partial charge in [0.05, 0.1) is 5.69 Å². The third kappa shape index (κ3) is 2.98. The van der Waals surface area contributed by atoms with Gasteiger partial charge in [0.2, 0.25) is 5.91 Å². The van der Waals surface area contributed by atoms with E-state index in [4.69, 9.17) is 0 Å². The lowest BCUT2D eigenvalue weighted by molar-refractivity contribution is -0.123. The minimum Gasteiger partial charge on any atom is -0.353 e. The summed E-state index contributed by atoms with van der Waals surface area (Å²) >= 11 is 3.13. The van der Waals surface area contributed by atoms with Gasteiger partial charge >= 0.3 is 6.03 Å². The second-order valence-corrected chi connectivity index (χ2v) is 4.74. The second kappa shape index (κ2) is 5.34. The van der Waals surface area contributed by atoms with E-state index in [9.17, 15) is 14.0 Å². The summed E-state index contributed by atoms with van der Waals surface area (Å²) in [5.41, 5.74) is 0.0918. The van der Waals surface area contributed by atoms with Crippen molar-refractivity contribution in [3.05, 3.63) is 28.5 Å². The van der Waals surface area contributed by atoms with Crippen molar-refractivity contribution in [1.82, 2.24) is 10.2 Å². The Morgan fingerprint density at radius 2 is 2.28 bits per heavy atom. The standard InChI is InChI=1S/C11H11BrFN3O2/c12-7-1-2-9(8(13)5-7)15-11(18)16-4-3-14-10(17)6-16/h1-2,5H,3-4,6H2,(H,14,17)(H,15,18). The monoisotopic (exact) mass is 315 g/mol. The first kappa shape index (κ1) is 12.8. The number of anilines is 1. The normalized spacial score (nSPS) is 15.2. The third-order valence-electron chi connectivity index (χ3n) is 2.50. The average molecular weight is 316 g/mol. The Hall–Kier alpha value is -1.63. The van der Waals surface area contributed by atoms with Crippen LogP contribution in [0, 0.1) is 5.82 Å². The number of carbonyl (C=O) groups excluding carboxylic acids is 2. The van der Waals surface area contributed by atoms with E-state index in [0.29, 0.717) is 17.6 Å². The number of nitrogens with one attached hydrogen (secondary N) is 2. The van der Waals surface area contributed by atoms with Crippen LogP contribution in [0.3, 0.4) is 0 Å². The van der Waals surface area contributed by atoms with E-state index in [1.54, 1.807) is 6.07 Å². The van der Waals surface area contributed by atoms with E-state index in [-0.39, 0.29) is 18.1 Å². The molecule has 0 radical (unpaired) electrons. The number of nitrogens with zero attached hydrogens (tertiary/aromatic N) is 1. The van der Waals surface area contributed by atoms with Crippen LogP contribution in [0.5, 0.6) is 0 Å². The van der Waals surface area contributed by atoms with Crippen LogP contribution in [-0.2, 0) is 4.79 Å². The zero-order chi connectivity index (χ0) is 13.1. The van der Waals surface area contributed by atoms with Gasteiger partial charge in [-0.25, -0.2) is 9.18 Å². The van der Waals surface area contributed by atoms with Gasteiger partial charge in [-0.05, 0) is 18.2 Å². The maximum Gasteiger partial charge on any atom is 0.322 e. The summed E-state index contributed by atoms with van der Waals surface area (Å²) in [6.45, 7) is 0.814. The largest absolute Gasteiger partial charge is 0.353 e. The van der Waals surface area contributed by atoms with Crippen molar-refractivity contribution in [3.63, 3.8) is 0 Å². The molecule has 1 heterocycles. The molecule has 7 heteroatoms. The van der Waals surface area contributed by atoms with Gasteiger partial charge in [-0.1, -0.05) is 15.9 Å². The number of benzene rings is 1. The molecule has 0 atom stereocenters. The summed E-state index contributed by atoms with van der Waals surface area (Å²) < 4.78 is 14.1. The Labute approximate surface area is 111 Å². The van der Waals surface area contributed by atoms with Crippen molar-refractivity contribution in [2.75, 3.05) is 25.0 Å². The van der Waals surface area contributed by atoms with Crippen LogP contribution in [0.15, 0.2) is 22.7 Å². The first-order chi connectivity index (χ1) is 8.56. The van der Waals surface area contributed by atoms with Gasteiger partial charge in [0.25, 0.3) is 0 Å². The number of urea groups is 1. The molecule has 1 aromatic rings. The second-order valence-electron chi connectivity index (χ2n) is 3.83. The van der Waals surface area contributed by atoms with Crippen molar-refractivity contribution in [1.29, 1.82) is 0 Å². The molecule has 2 rings (SSSR count). The van der Waals surface area contributed by atoms with Gasteiger partial charge in [-0.3, -0.25) is 4.79 Å². The van der Waals surface area contributed by atoms with E-state index in [1.165, 1.54) is 17.0 Å². The van der Waals surface area contributed by atoms with Crippen LogP contribution in [0.2, 0.25) is 0 Å². The fourth-order valence-corrected chi connectivity index (χ4v) is 1.93. The molecule has 1 saturated heterocycles. The van der Waals surface area contributed by atoms with Crippen molar-refractivity contribution < 1.29 is 14.0 Å². The molecule has 0 aromatic heterocycles. The highest BCUT2D eigenvalue weighted by molar-refractivity contribution is 9.10. The van der Waals surface area contributed by atoms with E-state index in [1.807, 2.05) is 0 Å². The molecule has 1 fully saturated rings. The molecule has 0 spiro atoms. The molecule has 0 bridgehead atoms. The minimum atomic E-state index is -0.529. The van der Waals surface area contributed by atoms with E-state index >= 15 is 0 Å². The quantitative estimate of drug-likeness (QED) is 0.826. The predicted octanol–water partition coefficient (Wildman–Crippen LogP) is 1.55. The van der Waals surface area contributed by atoms with Gasteiger partial charge in [-0.2, -0.15) is 0 Å². The first-order valence-electron chi connectivity index (χ1n) is 5.34. The lowest BCUT2D eigenvalue weighted by atomic mass is 10.3. The molecular formula is C11H11BrFN3O2. The summed E-state index contributed by atoms with van der Waals surface area (Å²) in [5, 5.41) is 5.05. The van der Waals surface area contributed by atoms with Crippen LogP contribution in [0.4, 0.5) is 14.9 Å². The van der Waals surface area contributed by atoms with Crippen molar-refractivity contribution in [2.24, 2.45) is 0 Å². The highest BCUT2D eigenvalue weighted by Gasteiger charge is 2.21. The van der Waals surface area contributed by atoms with E-state index < -0.39 is 11.8 Å². The number of halogens is 2. The maximum atomic E-state index is 13.5. The van der Waals surface area contributed by atoms with Crippen molar-refractivity contribution in [3.8, 4) is 0 Å². The molecule has 18 heavy (non-hydrogen) atoms. The molecule has 0 aliphatic carbocycles. The number of carbonyl (C=O) groups is 2. The number of hydrogen-bond donors (Lipinski definition) is 2. The zero-order valence-electron chi connectivity index (χ0n) is 9.37. The fraction of sp³-hybridized carbons (Fsp3) is 0.273. The Morgan fingerprint density at radius 3 is 2.94 bits per heavy atom. The Bertz CT molecular complexity index is 495. The molecule has 1 aliphatic rings. The van der Waals surface area contributed by atoms with Crippen molar-refractivity contribution >= 4 is 33.6 Å². The molecule has 3 amide bonds. The Balaban J connectivity index is 2.04. The molecule has 2 N–H and O–H groups in total.